The summed E-state index contributed by atoms with van der Waals surface area (Å²) in [5, 5.41) is 19.5. The van der Waals surface area contributed by atoms with Crippen molar-refractivity contribution in [1.82, 2.24) is 9.78 Å². The molecule has 0 aliphatic heterocycles. The SMILES string of the molecule is Cc1cc(Cl)ccc1Oc1cc(NC(=O)c2ccn(COc3cc(C)c(Cl)c(C)c3)n2)cc([N+](=O)[O-])c1. The van der Waals surface area contributed by atoms with Gasteiger partial charge in [0.1, 0.15) is 17.2 Å². The van der Waals surface area contributed by atoms with Gasteiger partial charge in [0.2, 0.25) is 0 Å². The number of benzene rings is 3. The van der Waals surface area contributed by atoms with Crippen LogP contribution in [0.2, 0.25) is 10.0 Å². The number of anilines is 1. The maximum absolute atomic E-state index is 12.8. The predicted octanol–water partition coefficient (Wildman–Crippen LogP) is 7.10. The Hall–Kier alpha value is -4.08. The monoisotopic (exact) mass is 540 g/mol. The predicted molar refractivity (Wildman–Crippen MR) is 141 cm³/mol. The highest BCUT2D eigenvalue weighted by Gasteiger charge is 2.16. The van der Waals surface area contributed by atoms with E-state index in [1.54, 1.807) is 31.3 Å². The third kappa shape index (κ3) is 6.38. The maximum atomic E-state index is 12.8. The Bertz CT molecular complexity index is 1480. The summed E-state index contributed by atoms with van der Waals surface area (Å²) in [5.74, 6) is 0.737. The average molecular weight is 541 g/mol. The fraction of sp³-hybridized carbons (Fsp3) is 0.154. The van der Waals surface area contributed by atoms with E-state index in [9.17, 15) is 14.9 Å². The van der Waals surface area contributed by atoms with Crippen molar-refractivity contribution < 1.29 is 19.2 Å². The van der Waals surface area contributed by atoms with E-state index in [2.05, 4.69) is 10.4 Å². The van der Waals surface area contributed by atoms with Gasteiger partial charge in [-0.3, -0.25) is 14.9 Å². The Kier molecular flexibility index (Phi) is 7.66. The highest BCUT2D eigenvalue weighted by Crippen LogP contribution is 2.32. The van der Waals surface area contributed by atoms with Crippen molar-refractivity contribution in [2.45, 2.75) is 27.5 Å². The lowest BCUT2D eigenvalue weighted by atomic mass is 10.1. The molecule has 1 amide bonds. The second-order valence-corrected chi connectivity index (χ2v) is 9.14. The van der Waals surface area contributed by atoms with Gasteiger partial charge < -0.3 is 14.8 Å². The summed E-state index contributed by atoms with van der Waals surface area (Å²) < 4.78 is 13.0. The quantitative estimate of drug-likeness (QED) is 0.188. The summed E-state index contributed by atoms with van der Waals surface area (Å²) in [6, 6.07) is 14.2. The minimum Gasteiger partial charge on any atom is -0.471 e. The number of hydrogen-bond acceptors (Lipinski definition) is 6. The molecule has 4 rings (SSSR count). The van der Waals surface area contributed by atoms with Gasteiger partial charge in [0.25, 0.3) is 11.6 Å². The lowest BCUT2D eigenvalue weighted by Crippen LogP contribution is -2.14. The molecule has 0 saturated heterocycles. The summed E-state index contributed by atoms with van der Waals surface area (Å²) in [7, 11) is 0. The third-order valence-corrected chi connectivity index (χ3v) is 6.20. The van der Waals surface area contributed by atoms with Gasteiger partial charge in [0, 0.05) is 28.4 Å². The van der Waals surface area contributed by atoms with Crippen molar-refractivity contribution in [3.05, 3.63) is 103 Å². The largest absolute Gasteiger partial charge is 0.471 e. The number of nitrogens with one attached hydrogen (secondary N) is 1. The zero-order valence-electron chi connectivity index (χ0n) is 20.1. The molecule has 0 unspecified atom stereocenters. The standard InChI is InChI=1S/C26H22Cl2N4O5/c1-15-8-18(27)4-5-24(15)37-22-12-19(11-20(13-22)32(34)35)29-26(33)23-6-7-31(30-23)14-36-21-9-16(2)25(28)17(3)10-21/h4-13H,14H2,1-3H3,(H,29,33). The summed E-state index contributed by atoms with van der Waals surface area (Å²) >= 11 is 12.2. The number of nitrogens with zero attached hydrogens (tertiary/aromatic N) is 3. The van der Waals surface area contributed by atoms with Crippen LogP contribution in [0.4, 0.5) is 11.4 Å². The molecule has 0 radical (unpaired) electrons. The average Bonchev–Trinajstić information content (AvgIpc) is 3.32. The van der Waals surface area contributed by atoms with Gasteiger partial charge in [-0.25, -0.2) is 4.68 Å². The first kappa shape index (κ1) is 26.0. The lowest BCUT2D eigenvalue weighted by Gasteiger charge is -2.11. The molecule has 0 aliphatic rings. The molecule has 37 heavy (non-hydrogen) atoms. The summed E-state index contributed by atoms with van der Waals surface area (Å²) in [5.41, 5.74) is 2.58. The number of amides is 1. The van der Waals surface area contributed by atoms with Gasteiger partial charge in [0.05, 0.1) is 16.7 Å². The molecule has 0 bridgehead atoms. The number of halogens is 2. The van der Waals surface area contributed by atoms with E-state index in [-0.39, 0.29) is 29.5 Å². The first-order valence-corrected chi connectivity index (χ1v) is 11.8. The molecule has 11 heteroatoms. The van der Waals surface area contributed by atoms with Crippen molar-refractivity contribution in [2.24, 2.45) is 0 Å². The second kappa shape index (κ2) is 10.9. The van der Waals surface area contributed by atoms with Crippen LogP contribution in [0, 0.1) is 30.9 Å². The number of hydrogen-bond donors (Lipinski definition) is 1. The lowest BCUT2D eigenvalue weighted by molar-refractivity contribution is -0.384. The molecule has 0 fully saturated rings. The zero-order chi connectivity index (χ0) is 26.7. The van der Waals surface area contributed by atoms with Crippen molar-refractivity contribution in [2.75, 3.05) is 5.32 Å². The van der Waals surface area contributed by atoms with Gasteiger partial charge in [-0.05, 0) is 73.9 Å². The smallest absolute Gasteiger partial charge is 0.276 e. The van der Waals surface area contributed by atoms with Crippen LogP contribution in [0.3, 0.4) is 0 Å². The second-order valence-electron chi connectivity index (χ2n) is 8.32. The van der Waals surface area contributed by atoms with Gasteiger partial charge in [-0.2, -0.15) is 5.10 Å². The van der Waals surface area contributed by atoms with Crippen molar-refractivity contribution >= 4 is 40.5 Å². The van der Waals surface area contributed by atoms with E-state index in [0.29, 0.717) is 21.5 Å². The molecule has 1 N–H and O–H groups in total. The summed E-state index contributed by atoms with van der Waals surface area (Å²) in [6.07, 6.45) is 1.59. The first-order chi connectivity index (χ1) is 17.6. The normalized spacial score (nSPS) is 10.7. The molecule has 4 aromatic rings. The Labute approximate surface area is 222 Å². The van der Waals surface area contributed by atoms with Crippen LogP contribution in [0.5, 0.6) is 17.2 Å². The number of nitro groups is 1. The molecule has 1 heterocycles. The van der Waals surface area contributed by atoms with Crippen molar-refractivity contribution in [1.29, 1.82) is 0 Å². The zero-order valence-corrected chi connectivity index (χ0v) is 21.6. The fourth-order valence-electron chi connectivity index (χ4n) is 3.55. The summed E-state index contributed by atoms with van der Waals surface area (Å²) in [6.45, 7) is 5.65. The highest BCUT2D eigenvalue weighted by molar-refractivity contribution is 6.32. The number of aromatic nitrogens is 2. The molecular weight excluding hydrogens is 519 g/mol. The topological polar surface area (TPSA) is 109 Å². The number of aryl methyl sites for hydroxylation is 3. The minimum atomic E-state index is -0.566. The van der Waals surface area contributed by atoms with Crippen LogP contribution >= 0.6 is 23.2 Å². The maximum Gasteiger partial charge on any atom is 0.276 e. The fourth-order valence-corrected chi connectivity index (χ4v) is 3.89. The molecule has 190 valence electrons. The van der Waals surface area contributed by atoms with Crippen molar-refractivity contribution in [3.63, 3.8) is 0 Å². The molecular formula is C26H22Cl2N4O5. The molecule has 1 aromatic heterocycles. The number of carbonyl (C=O) groups is 1. The molecule has 9 nitrogen and oxygen atoms in total. The molecule has 0 saturated carbocycles. The number of non-ortho nitro benzene ring substituents is 1. The number of ether oxygens (including phenoxy) is 2. The molecule has 0 spiro atoms. The Balaban J connectivity index is 1.47. The van der Waals surface area contributed by atoms with Gasteiger partial charge in [-0.15, -0.1) is 0 Å². The van der Waals surface area contributed by atoms with Gasteiger partial charge in [0.15, 0.2) is 12.4 Å². The first-order valence-electron chi connectivity index (χ1n) is 11.1. The van der Waals surface area contributed by atoms with Crippen LogP contribution < -0.4 is 14.8 Å². The Morgan fingerprint density at radius 2 is 1.73 bits per heavy atom. The summed E-state index contributed by atoms with van der Waals surface area (Å²) in [4.78, 5) is 23.7. The number of rotatable bonds is 8. The number of nitro benzene ring substituents is 1. The number of carbonyl (C=O) groups excluding carboxylic acids is 1. The van der Waals surface area contributed by atoms with E-state index in [1.807, 2.05) is 26.0 Å². The van der Waals surface area contributed by atoms with Gasteiger partial charge >= 0.3 is 0 Å². The van der Waals surface area contributed by atoms with Crippen LogP contribution in [-0.2, 0) is 6.73 Å². The van der Waals surface area contributed by atoms with Crippen LogP contribution in [0.15, 0.2) is 60.8 Å². The Morgan fingerprint density at radius 3 is 2.41 bits per heavy atom. The van der Waals surface area contributed by atoms with Crippen molar-refractivity contribution in [3.8, 4) is 17.2 Å². The van der Waals surface area contributed by atoms with E-state index in [1.165, 1.54) is 28.9 Å². The van der Waals surface area contributed by atoms with Crippen LogP contribution in [0.1, 0.15) is 27.2 Å². The molecule has 0 atom stereocenters. The van der Waals surface area contributed by atoms with Crippen LogP contribution in [-0.4, -0.2) is 20.6 Å². The van der Waals surface area contributed by atoms with E-state index in [0.717, 1.165) is 16.7 Å². The van der Waals surface area contributed by atoms with E-state index >= 15 is 0 Å². The molecule has 0 aliphatic carbocycles. The minimum absolute atomic E-state index is 0.0725. The van der Waals surface area contributed by atoms with Crippen LogP contribution in [0.25, 0.3) is 0 Å². The van der Waals surface area contributed by atoms with E-state index < -0.39 is 10.8 Å². The third-order valence-electron chi connectivity index (χ3n) is 5.37. The highest BCUT2D eigenvalue weighted by atomic mass is 35.5. The van der Waals surface area contributed by atoms with E-state index in [4.69, 9.17) is 32.7 Å². The molecule has 3 aromatic carbocycles. The Morgan fingerprint density at radius 1 is 1.00 bits per heavy atom. The van der Waals surface area contributed by atoms with Gasteiger partial charge in [-0.1, -0.05) is 23.2 Å².